The van der Waals surface area contributed by atoms with Crippen molar-refractivity contribution in [3.8, 4) is 0 Å². The maximum atomic E-state index is 13.0. The van der Waals surface area contributed by atoms with Crippen LogP contribution >= 0.6 is 31.9 Å². The van der Waals surface area contributed by atoms with Crippen molar-refractivity contribution in [2.24, 2.45) is 5.73 Å². The quantitative estimate of drug-likeness (QED) is 0.837. The van der Waals surface area contributed by atoms with E-state index in [1.807, 2.05) is 24.3 Å². The molecule has 0 heterocycles. The Labute approximate surface area is 122 Å². The molecule has 1 atom stereocenters. The van der Waals surface area contributed by atoms with E-state index in [1.165, 1.54) is 12.1 Å². The molecule has 94 valence electrons. The smallest absolute Gasteiger partial charge is 0.124 e. The van der Waals surface area contributed by atoms with E-state index < -0.39 is 0 Å². The molecule has 18 heavy (non-hydrogen) atoms. The van der Waals surface area contributed by atoms with Gasteiger partial charge in [0.1, 0.15) is 5.82 Å². The fraction of sp³-hybridized carbons (Fsp3) is 0.143. The molecule has 2 rings (SSSR count). The zero-order chi connectivity index (χ0) is 13.1. The van der Waals surface area contributed by atoms with E-state index in [9.17, 15) is 4.39 Å². The van der Waals surface area contributed by atoms with Crippen LogP contribution in [-0.2, 0) is 6.42 Å². The monoisotopic (exact) mass is 371 g/mol. The second-order valence-electron chi connectivity index (χ2n) is 4.11. The van der Waals surface area contributed by atoms with E-state index in [0.717, 1.165) is 15.6 Å². The van der Waals surface area contributed by atoms with Crippen LogP contribution in [0.5, 0.6) is 0 Å². The highest BCUT2D eigenvalue weighted by Crippen LogP contribution is 2.26. The maximum Gasteiger partial charge on any atom is 0.124 e. The second-order valence-corrected chi connectivity index (χ2v) is 5.88. The molecule has 0 amide bonds. The molecule has 0 bridgehead atoms. The SMILES string of the molecule is NC(Cc1cccc(Br)c1)c1ccc(F)cc1Br. The summed E-state index contributed by atoms with van der Waals surface area (Å²) in [5, 5.41) is 0. The molecule has 0 aliphatic heterocycles. The Morgan fingerprint density at radius 1 is 1.11 bits per heavy atom. The van der Waals surface area contributed by atoms with Crippen molar-refractivity contribution < 1.29 is 4.39 Å². The van der Waals surface area contributed by atoms with Gasteiger partial charge in [0.25, 0.3) is 0 Å². The van der Waals surface area contributed by atoms with Crippen LogP contribution in [0.15, 0.2) is 51.4 Å². The number of benzene rings is 2. The van der Waals surface area contributed by atoms with E-state index in [0.29, 0.717) is 10.9 Å². The Kier molecular flexibility index (Phi) is 4.54. The lowest BCUT2D eigenvalue weighted by molar-refractivity contribution is 0.623. The molecule has 4 heteroatoms. The van der Waals surface area contributed by atoms with Gasteiger partial charge in [-0.2, -0.15) is 0 Å². The summed E-state index contributed by atoms with van der Waals surface area (Å²) in [6.45, 7) is 0. The number of nitrogens with two attached hydrogens (primary N) is 1. The molecule has 0 aromatic heterocycles. The summed E-state index contributed by atoms with van der Waals surface area (Å²) in [6.07, 6.45) is 0.712. The molecule has 2 aromatic rings. The summed E-state index contributed by atoms with van der Waals surface area (Å²) in [6, 6.07) is 12.5. The van der Waals surface area contributed by atoms with Crippen molar-refractivity contribution >= 4 is 31.9 Å². The molecule has 0 aliphatic carbocycles. The third-order valence-electron chi connectivity index (χ3n) is 2.71. The van der Waals surface area contributed by atoms with Gasteiger partial charge in [-0.05, 0) is 41.8 Å². The third kappa shape index (κ3) is 3.40. The first-order chi connectivity index (χ1) is 8.56. The van der Waals surface area contributed by atoms with Crippen LogP contribution in [0.25, 0.3) is 0 Å². The van der Waals surface area contributed by atoms with Crippen LogP contribution in [0.4, 0.5) is 4.39 Å². The molecule has 1 unspecified atom stereocenters. The van der Waals surface area contributed by atoms with Crippen molar-refractivity contribution in [1.82, 2.24) is 0 Å². The molecule has 2 N–H and O–H groups in total. The van der Waals surface area contributed by atoms with Crippen LogP contribution in [0.3, 0.4) is 0 Å². The van der Waals surface area contributed by atoms with Crippen molar-refractivity contribution in [2.75, 3.05) is 0 Å². The average molecular weight is 373 g/mol. The molecule has 0 aliphatic rings. The van der Waals surface area contributed by atoms with Gasteiger partial charge in [0.2, 0.25) is 0 Å². The van der Waals surface area contributed by atoms with Gasteiger partial charge < -0.3 is 5.73 Å². The van der Waals surface area contributed by atoms with E-state index in [1.54, 1.807) is 6.07 Å². The second kappa shape index (κ2) is 5.95. The summed E-state index contributed by atoms with van der Waals surface area (Å²) in [5.74, 6) is -0.264. The lowest BCUT2D eigenvalue weighted by Crippen LogP contribution is -2.14. The molecule has 0 radical (unpaired) electrons. The van der Waals surface area contributed by atoms with E-state index in [4.69, 9.17) is 5.73 Å². The lowest BCUT2D eigenvalue weighted by atomic mass is 10.00. The first-order valence-electron chi connectivity index (χ1n) is 5.51. The first kappa shape index (κ1) is 13.7. The fourth-order valence-corrected chi connectivity index (χ4v) is 2.92. The van der Waals surface area contributed by atoms with Crippen molar-refractivity contribution in [2.45, 2.75) is 12.5 Å². The molecule has 0 saturated carbocycles. The number of hydrogen-bond acceptors (Lipinski definition) is 1. The topological polar surface area (TPSA) is 26.0 Å². The van der Waals surface area contributed by atoms with Crippen LogP contribution in [0.1, 0.15) is 17.2 Å². The minimum atomic E-state index is -0.264. The summed E-state index contributed by atoms with van der Waals surface area (Å²) in [7, 11) is 0. The highest BCUT2D eigenvalue weighted by Gasteiger charge is 2.11. The third-order valence-corrected chi connectivity index (χ3v) is 3.89. The van der Waals surface area contributed by atoms with Gasteiger partial charge in [-0.15, -0.1) is 0 Å². The molecular formula is C14H12Br2FN. The van der Waals surface area contributed by atoms with Crippen LogP contribution in [-0.4, -0.2) is 0 Å². The van der Waals surface area contributed by atoms with Crippen LogP contribution < -0.4 is 5.73 Å². The van der Waals surface area contributed by atoms with Gasteiger partial charge in [-0.25, -0.2) is 4.39 Å². The predicted molar refractivity (Wildman–Crippen MR) is 78.9 cm³/mol. The number of halogens is 3. The summed E-state index contributed by atoms with van der Waals surface area (Å²) in [4.78, 5) is 0. The van der Waals surface area contributed by atoms with Crippen LogP contribution in [0, 0.1) is 5.82 Å². The van der Waals surface area contributed by atoms with Gasteiger partial charge in [0, 0.05) is 15.0 Å². The van der Waals surface area contributed by atoms with Crippen LogP contribution in [0.2, 0.25) is 0 Å². The Morgan fingerprint density at radius 3 is 2.56 bits per heavy atom. The Hall–Kier alpha value is -0.710. The molecule has 0 saturated heterocycles. The Bertz CT molecular complexity index is 557. The van der Waals surface area contributed by atoms with Crippen molar-refractivity contribution in [3.63, 3.8) is 0 Å². The predicted octanol–water partition coefficient (Wildman–Crippen LogP) is 4.59. The van der Waals surface area contributed by atoms with E-state index >= 15 is 0 Å². The zero-order valence-electron chi connectivity index (χ0n) is 9.54. The van der Waals surface area contributed by atoms with E-state index in [-0.39, 0.29) is 11.9 Å². The Balaban J connectivity index is 2.19. The van der Waals surface area contributed by atoms with Gasteiger partial charge >= 0.3 is 0 Å². The minimum absolute atomic E-state index is 0.158. The minimum Gasteiger partial charge on any atom is -0.324 e. The van der Waals surface area contributed by atoms with Gasteiger partial charge in [-0.3, -0.25) is 0 Å². The summed E-state index contributed by atoms with van der Waals surface area (Å²) >= 11 is 6.78. The maximum absolute atomic E-state index is 13.0. The van der Waals surface area contributed by atoms with Gasteiger partial charge in [-0.1, -0.05) is 50.1 Å². The first-order valence-corrected chi connectivity index (χ1v) is 7.10. The highest BCUT2D eigenvalue weighted by molar-refractivity contribution is 9.10. The van der Waals surface area contributed by atoms with Crippen molar-refractivity contribution in [1.29, 1.82) is 0 Å². The number of rotatable bonds is 3. The molecule has 0 fully saturated rings. The fourth-order valence-electron chi connectivity index (χ4n) is 1.83. The number of hydrogen-bond donors (Lipinski definition) is 1. The summed E-state index contributed by atoms with van der Waals surface area (Å²) < 4.78 is 14.8. The molecule has 0 spiro atoms. The Morgan fingerprint density at radius 2 is 1.89 bits per heavy atom. The zero-order valence-corrected chi connectivity index (χ0v) is 12.7. The van der Waals surface area contributed by atoms with Crippen molar-refractivity contribution in [3.05, 3.63) is 68.4 Å². The largest absolute Gasteiger partial charge is 0.324 e. The van der Waals surface area contributed by atoms with Gasteiger partial charge in [0.05, 0.1) is 0 Å². The average Bonchev–Trinajstić information content (AvgIpc) is 2.28. The molecule has 1 nitrogen and oxygen atoms in total. The molecule has 2 aromatic carbocycles. The molecular weight excluding hydrogens is 361 g/mol. The standard InChI is InChI=1S/C14H12Br2FN/c15-10-3-1-2-9(6-10)7-14(18)12-5-4-11(17)8-13(12)16/h1-6,8,14H,7,18H2. The van der Waals surface area contributed by atoms with Gasteiger partial charge in [0.15, 0.2) is 0 Å². The summed E-state index contributed by atoms with van der Waals surface area (Å²) in [5.41, 5.74) is 8.22. The van der Waals surface area contributed by atoms with E-state index in [2.05, 4.69) is 31.9 Å². The normalized spacial score (nSPS) is 12.4. The highest BCUT2D eigenvalue weighted by atomic mass is 79.9. The lowest BCUT2D eigenvalue weighted by Gasteiger charge is -2.14.